The summed E-state index contributed by atoms with van der Waals surface area (Å²) in [5.41, 5.74) is 3.35. The molecule has 2 rings (SSSR count). The molecular weight excluding hydrogens is 310 g/mol. The Balaban J connectivity index is 2.21. The highest BCUT2D eigenvalue weighted by molar-refractivity contribution is 9.10. The second-order valence-electron chi connectivity index (χ2n) is 4.37. The van der Waals surface area contributed by atoms with Crippen molar-refractivity contribution in [2.24, 2.45) is 0 Å². The Labute approximate surface area is 121 Å². The maximum Gasteiger partial charge on any atom is 0.0640 e. The Morgan fingerprint density at radius 1 is 1.17 bits per heavy atom. The summed E-state index contributed by atoms with van der Waals surface area (Å²) >= 11 is 9.79. The topological polar surface area (TPSA) is 12.0 Å². The summed E-state index contributed by atoms with van der Waals surface area (Å²) in [5.74, 6) is 0. The molecule has 0 aliphatic rings. The van der Waals surface area contributed by atoms with Crippen molar-refractivity contribution in [1.29, 1.82) is 0 Å². The van der Waals surface area contributed by atoms with Crippen LogP contribution in [-0.4, -0.2) is 0 Å². The summed E-state index contributed by atoms with van der Waals surface area (Å²) < 4.78 is 1.10. The molecule has 0 aromatic heterocycles. The Morgan fingerprint density at radius 3 is 2.56 bits per heavy atom. The molecule has 0 amide bonds. The molecule has 0 radical (unpaired) electrons. The van der Waals surface area contributed by atoms with E-state index in [2.05, 4.69) is 40.3 Å². The predicted molar refractivity (Wildman–Crippen MR) is 82.4 cm³/mol. The third kappa shape index (κ3) is 3.06. The first kappa shape index (κ1) is 13.4. The molecule has 0 heterocycles. The van der Waals surface area contributed by atoms with E-state index in [1.807, 2.05) is 37.3 Å². The van der Waals surface area contributed by atoms with Crippen LogP contribution < -0.4 is 5.32 Å². The lowest BCUT2D eigenvalue weighted by atomic mass is 10.1. The molecule has 0 spiro atoms. The Hall–Kier alpha value is -0.990. The Kier molecular flexibility index (Phi) is 4.31. The molecule has 2 aromatic rings. The Bertz CT molecular complexity index is 554. The smallest absolute Gasteiger partial charge is 0.0640 e. The molecule has 0 saturated heterocycles. The molecule has 0 aliphatic carbocycles. The van der Waals surface area contributed by atoms with Crippen LogP contribution in [-0.2, 0) is 0 Å². The zero-order chi connectivity index (χ0) is 13.1. The molecule has 1 atom stereocenters. The van der Waals surface area contributed by atoms with Crippen molar-refractivity contribution < 1.29 is 0 Å². The molecule has 0 aliphatic heterocycles. The minimum absolute atomic E-state index is 0.195. The normalized spacial score (nSPS) is 12.2. The highest BCUT2D eigenvalue weighted by Crippen LogP contribution is 2.29. The van der Waals surface area contributed by atoms with Crippen molar-refractivity contribution in [2.75, 3.05) is 5.32 Å². The van der Waals surface area contributed by atoms with E-state index >= 15 is 0 Å². The quantitative estimate of drug-likeness (QED) is 0.776. The number of nitrogens with one attached hydrogen (secondary N) is 1. The van der Waals surface area contributed by atoms with Crippen LogP contribution in [0.1, 0.15) is 24.1 Å². The van der Waals surface area contributed by atoms with E-state index in [1.165, 1.54) is 11.1 Å². The fourth-order valence-corrected chi connectivity index (χ4v) is 2.79. The summed E-state index contributed by atoms with van der Waals surface area (Å²) in [6.45, 7) is 4.16. The zero-order valence-corrected chi connectivity index (χ0v) is 12.7. The van der Waals surface area contributed by atoms with E-state index in [9.17, 15) is 0 Å². The number of rotatable bonds is 3. The van der Waals surface area contributed by atoms with Gasteiger partial charge in [-0.1, -0.05) is 51.8 Å². The maximum absolute atomic E-state index is 6.23. The van der Waals surface area contributed by atoms with Crippen molar-refractivity contribution in [1.82, 2.24) is 0 Å². The fraction of sp³-hybridized carbons (Fsp3) is 0.200. The second-order valence-corrected chi connectivity index (χ2v) is 5.63. The number of benzene rings is 2. The number of halogens is 2. The van der Waals surface area contributed by atoms with Gasteiger partial charge < -0.3 is 5.32 Å². The average Bonchev–Trinajstić information content (AvgIpc) is 2.33. The van der Waals surface area contributed by atoms with Gasteiger partial charge in [-0.25, -0.2) is 0 Å². The summed E-state index contributed by atoms with van der Waals surface area (Å²) in [7, 11) is 0. The van der Waals surface area contributed by atoms with Crippen molar-refractivity contribution in [3.63, 3.8) is 0 Å². The van der Waals surface area contributed by atoms with Crippen molar-refractivity contribution in [3.05, 3.63) is 63.1 Å². The highest BCUT2D eigenvalue weighted by atomic mass is 79.9. The SMILES string of the molecule is Cc1ccc(NC(C)c2ccccc2Br)c(Cl)c1. The van der Waals surface area contributed by atoms with Crippen LogP contribution in [0.25, 0.3) is 0 Å². The van der Waals surface area contributed by atoms with Gasteiger partial charge in [-0.2, -0.15) is 0 Å². The van der Waals surface area contributed by atoms with Gasteiger partial charge in [0.15, 0.2) is 0 Å². The van der Waals surface area contributed by atoms with Gasteiger partial charge in [0.1, 0.15) is 0 Å². The van der Waals surface area contributed by atoms with Crippen molar-refractivity contribution >= 4 is 33.2 Å². The Morgan fingerprint density at radius 2 is 1.89 bits per heavy atom. The third-order valence-electron chi connectivity index (χ3n) is 2.87. The number of aryl methyl sites for hydroxylation is 1. The average molecular weight is 325 g/mol. The van der Waals surface area contributed by atoms with Crippen LogP contribution in [0.5, 0.6) is 0 Å². The lowest BCUT2D eigenvalue weighted by molar-refractivity contribution is 0.879. The zero-order valence-electron chi connectivity index (χ0n) is 10.4. The maximum atomic E-state index is 6.23. The fourth-order valence-electron chi connectivity index (χ4n) is 1.87. The van der Waals surface area contributed by atoms with Crippen LogP contribution in [0.15, 0.2) is 46.9 Å². The van der Waals surface area contributed by atoms with Gasteiger partial charge in [0.05, 0.1) is 10.7 Å². The third-order valence-corrected chi connectivity index (χ3v) is 3.90. The number of anilines is 1. The molecule has 0 saturated carbocycles. The van der Waals surface area contributed by atoms with Gasteiger partial charge in [-0.15, -0.1) is 0 Å². The molecule has 1 unspecified atom stereocenters. The van der Waals surface area contributed by atoms with E-state index in [-0.39, 0.29) is 6.04 Å². The highest BCUT2D eigenvalue weighted by Gasteiger charge is 2.10. The molecule has 3 heteroatoms. The van der Waals surface area contributed by atoms with Crippen LogP contribution in [0.4, 0.5) is 5.69 Å². The largest absolute Gasteiger partial charge is 0.377 e. The van der Waals surface area contributed by atoms with Crippen LogP contribution >= 0.6 is 27.5 Å². The van der Waals surface area contributed by atoms with Crippen molar-refractivity contribution in [3.8, 4) is 0 Å². The molecule has 1 nitrogen and oxygen atoms in total. The van der Waals surface area contributed by atoms with Gasteiger partial charge >= 0.3 is 0 Å². The van der Waals surface area contributed by atoms with E-state index in [0.29, 0.717) is 0 Å². The summed E-state index contributed by atoms with van der Waals surface area (Å²) in [5, 5.41) is 4.19. The molecule has 2 aromatic carbocycles. The minimum Gasteiger partial charge on any atom is -0.377 e. The van der Waals surface area contributed by atoms with Gasteiger partial charge in [-0.3, -0.25) is 0 Å². The van der Waals surface area contributed by atoms with E-state index in [1.54, 1.807) is 0 Å². The molecule has 0 bridgehead atoms. The first-order valence-corrected chi connectivity index (χ1v) is 7.02. The summed E-state index contributed by atoms with van der Waals surface area (Å²) in [6.07, 6.45) is 0. The second kappa shape index (κ2) is 5.77. The van der Waals surface area contributed by atoms with Crippen LogP contribution in [0.3, 0.4) is 0 Å². The number of hydrogen-bond acceptors (Lipinski definition) is 1. The lowest BCUT2D eigenvalue weighted by Crippen LogP contribution is -2.07. The summed E-state index contributed by atoms with van der Waals surface area (Å²) in [4.78, 5) is 0. The van der Waals surface area contributed by atoms with Crippen molar-refractivity contribution in [2.45, 2.75) is 19.9 Å². The minimum atomic E-state index is 0.195. The molecule has 1 N–H and O–H groups in total. The summed E-state index contributed by atoms with van der Waals surface area (Å²) in [6, 6.07) is 14.4. The molecule has 18 heavy (non-hydrogen) atoms. The lowest BCUT2D eigenvalue weighted by Gasteiger charge is -2.18. The standard InChI is InChI=1S/C15H15BrClN/c1-10-7-8-15(14(17)9-10)18-11(2)12-5-3-4-6-13(12)16/h3-9,11,18H,1-2H3. The molecule has 0 fully saturated rings. The van der Waals surface area contributed by atoms with Gasteiger partial charge in [0.25, 0.3) is 0 Å². The predicted octanol–water partition coefficient (Wildman–Crippen LogP) is 5.58. The monoisotopic (exact) mass is 323 g/mol. The first-order valence-electron chi connectivity index (χ1n) is 5.85. The first-order chi connectivity index (χ1) is 8.58. The molecule has 94 valence electrons. The van der Waals surface area contributed by atoms with Gasteiger partial charge in [0.2, 0.25) is 0 Å². The van der Waals surface area contributed by atoms with Crippen LogP contribution in [0, 0.1) is 6.92 Å². The van der Waals surface area contributed by atoms with Crippen LogP contribution in [0.2, 0.25) is 5.02 Å². The van der Waals surface area contributed by atoms with E-state index in [4.69, 9.17) is 11.6 Å². The molecular formula is C15H15BrClN. The van der Waals surface area contributed by atoms with E-state index < -0.39 is 0 Å². The van der Waals surface area contributed by atoms with Gasteiger partial charge in [-0.05, 0) is 43.2 Å². The van der Waals surface area contributed by atoms with E-state index in [0.717, 1.165) is 15.2 Å². The number of hydrogen-bond donors (Lipinski definition) is 1. The van der Waals surface area contributed by atoms with Gasteiger partial charge in [0, 0.05) is 10.5 Å².